The van der Waals surface area contributed by atoms with Gasteiger partial charge in [0.15, 0.2) is 17.3 Å². The molecule has 214 valence electrons. The van der Waals surface area contributed by atoms with Crippen LogP contribution >= 0.6 is 0 Å². The summed E-state index contributed by atoms with van der Waals surface area (Å²) in [7, 11) is 3.13. The van der Waals surface area contributed by atoms with E-state index in [9.17, 15) is 9.90 Å². The van der Waals surface area contributed by atoms with Gasteiger partial charge in [0.1, 0.15) is 6.33 Å². The highest BCUT2D eigenvalue weighted by Gasteiger charge is 2.22. The highest BCUT2D eigenvalue weighted by atomic mass is 16.7. The monoisotopic (exact) mass is 566 g/mol. The Balaban J connectivity index is 1.41. The maximum absolute atomic E-state index is 14.2. The Morgan fingerprint density at radius 2 is 1.76 bits per heavy atom. The van der Waals surface area contributed by atoms with E-state index in [2.05, 4.69) is 27.5 Å². The molecule has 1 unspecified atom stereocenters. The molecule has 0 fully saturated rings. The molecule has 11 heteroatoms. The second kappa shape index (κ2) is 11.4. The fourth-order valence-electron chi connectivity index (χ4n) is 5.27. The number of benzene rings is 3. The van der Waals surface area contributed by atoms with Crippen molar-refractivity contribution in [2.45, 2.75) is 32.6 Å². The number of aromatic nitrogens is 4. The van der Waals surface area contributed by atoms with Crippen LogP contribution in [-0.2, 0) is 17.7 Å². The number of amidine groups is 1. The Bertz CT molecular complexity index is 1840. The van der Waals surface area contributed by atoms with Crippen molar-refractivity contribution in [3.8, 4) is 28.3 Å². The Morgan fingerprint density at radius 1 is 1.00 bits per heavy atom. The normalized spacial score (nSPS) is 14.4. The van der Waals surface area contributed by atoms with Crippen LogP contribution in [0.2, 0.25) is 0 Å². The second-order valence-electron chi connectivity index (χ2n) is 9.79. The number of oxime groups is 1. The number of methoxy groups -OCH3 is 2. The van der Waals surface area contributed by atoms with E-state index in [4.69, 9.17) is 14.3 Å². The Labute approximate surface area is 241 Å². The van der Waals surface area contributed by atoms with Crippen molar-refractivity contribution < 1.29 is 19.4 Å². The average Bonchev–Trinajstić information content (AvgIpc) is 3.68. The number of rotatable bonds is 9. The van der Waals surface area contributed by atoms with Crippen molar-refractivity contribution in [3.05, 3.63) is 106 Å². The minimum Gasteiger partial charge on any atom is -0.493 e. The number of ether oxygens (including phenoxy) is 2. The van der Waals surface area contributed by atoms with Crippen LogP contribution in [-0.4, -0.2) is 50.7 Å². The van der Waals surface area contributed by atoms with E-state index in [0.717, 1.165) is 34.4 Å². The van der Waals surface area contributed by atoms with E-state index >= 15 is 0 Å². The molecule has 2 N–H and O–H groups in total. The molecule has 5 aromatic rings. The lowest BCUT2D eigenvalue weighted by Crippen LogP contribution is -2.29. The van der Waals surface area contributed by atoms with Crippen LogP contribution in [0.25, 0.3) is 22.6 Å². The SMILES string of the molecule is CCCc1c(Cc2ccc(-c3ccccc3C3=NOC(O)N3)cc2)c(=O)n(-c2ccc(OC)c(OC)c2)c2ncnn12. The van der Waals surface area contributed by atoms with Gasteiger partial charge < -0.3 is 24.7 Å². The molecule has 0 saturated heterocycles. The van der Waals surface area contributed by atoms with Gasteiger partial charge in [0, 0.05) is 23.6 Å². The number of fused-ring (bicyclic) bond motifs is 1. The van der Waals surface area contributed by atoms with Crippen LogP contribution in [0.1, 0.15) is 35.7 Å². The maximum Gasteiger partial charge on any atom is 0.304 e. The van der Waals surface area contributed by atoms with E-state index in [0.29, 0.717) is 47.2 Å². The highest BCUT2D eigenvalue weighted by Crippen LogP contribution is 2.30. The summed E-state index contributed by atoms with van der Waals surface area (Å²) in [4.78, 5) is 23.5. The van der Waals surface area contributed by atoms with E-state index in [1.165, 1.54) is 6.33 Å². The molecule has 0 radical (unpaired) electrons. The van der Waals surface area contributed by atoms with Crippen LogP contribution in [0.3, 0.4) is 0 Å². The molecular weight excluding hydrogens is 536 g/mol. The summed E-state index contributed by atoms with van der Waals surface area (Å²) >= 11 is 0. The number of aliphatic hydroxyl groups excluding tert-OH is 1. The van der Waals surface area contributed by atoms with Gasteiger partial charge in [-0.25, -0.2) is 9.08 Å². The molecule has 0 bridgehead atoms. The predicted octanol–water partition coefficient (Wildman–Crippen LogP) is 3.67. The van der Waals surface area contributed by atoms with E-state index in [1.54, 1.807) is 41.5 Å². The third kappa shape index (κ3) is 4.83. The fourth-order valence-corrected chi connectivity index (χ4v) is 5.27. The standard InChI is InChI=1S/C31H30N6O5/c1-4-7-25-24(29(38)36(30-32-18-33-37(25)30)21-14-15-26(40-2)27(17-21)41-3)16-19-10-12-20(13-11-19)22-8-5-6-9-23(22)28-34-31(39)42-35-28/h5-6,8-15,17-18,31,39H,4,7,16H2,1-3H3,(H,34,35). The zero-order valence-corrected chi connectivity index (χ0v) is 23.4. The summed E-state index contributed by atoms with van der Waals surface area (Å²) in [6.07, 6.45) is 2.22. The number of aryl methyl sites for hydroxylation is 1. The minimum absolute atomic E-state index is 0.163. The first kappa shape index (κ1) is 27.0. The average molecular weight is 567 g/mol. The van der Waals surface area contributed by atoms with Crippen LogP contribution in [0.15, 0.2) is 83.0 Å². The summed E-state index contributed by atoms with van der Waals surface area (Å²) in [6, 6.07) is 21.1. The van der Waals surface area contributed by atoms with Gasteiger partial charge >= 0.3 is 6.41 Å². The van der Waals surface area contributed by atoms with Crippen LogP contribution in [0.4, 0.5) is 0 Å². The van der Waals surface area contributed by atoms with Crippen molar-refractivity contribution in [2.75, 3.05) is 14.2 Å². The van der Waals surface area contributed by atoms with Crippen molar-refractivity contribution >= 4 is 11.6 Å². The number of hydrogen-bond acceptors (Lipinski definition) is 9. The number of aliphatic hydroxyl groups is 1. The van der Waals surface area contributed by atoms with Gasteiger partial charge in [0.25, 0.3) is 5.56 Å². The molecule has 0 saturated carbocycles. The molecule has 2 aromatic heterocycles. The lowest BCUT2D eigenvalue weighted by Gasteiger charge is -2.17. The van der Waals surface area contributed by atoms with Crippen LogP contribution in [0, 0.1) is 0 Å². The first-order valence-electron chi connectivity index (χ1n) is 13.6. The zero-order valence-electron chi connectivity index (χ0n) is 23.4. The van der Waals surface area contributed by atoms with Gasteiger partial charge in [-0.1, -0.05) is 67.0 Å². The van der Waals surface area contributed by atoms with Crippen LogP contribution in [0.5, 0.6) is 11.5 Å². The van der Waals surface area contributed by atoms with Gasteiger partial charge in [-0.05, 0) is 35.2 Å². The molecule has 11 nitrogen and oxygen atoms in total. The summed E-state index contributed by atoms with van der Waals surface area (Å²) in [5, 5.41) is 20.9. The third-order valence-electron chi connectivity index (χ3n) is 7.24. The minimum atomic E-state index is -1.17. The Kier molecular flexibility index (Phi) is 7.32. The summed E-state index contributed by atoms with van der Waals surface area (Å²) in [5.41, 5.74) is 5.59. The number of nitrogens with one attached hydrogen (secondary N) is 1. The molecule has 1 atom stereocenters. The Morgan fingerprint density at radius 3 is 2.45 bits per heavy atom. The molecule has 0 spiro atoms. The fraction of sp³-hybridized carbons (Fsp3) is 0.226. The number of hydrogen-bond donors (Lipinski definition) is 2. The molecule has 6 rings (SSSR count). The second-order valence-corrected chi connectivity index (χ2v) is 9.79. The predicted molar refractivity (Wildman–Crippen MR) is 157 cm³/mol. The lowest BCUT2D eigenvalue weighted by atomic mass is 9.96. The molecule has 0 amide bonds. The van der Waals surface area contributed by atoms with Gasteiger partial charge in [0.2, 0.25) is 5.78 Å². The lowest BCUT2D eigenvalue weighted by molar-refractivity contribution is -0.0896. The smallest absolute Gasteiger partial charge is 0.304 e. The van der Waals surface area contributed by atoms with Crippen LogP contribution < -0.4 is 20.3 Å². The van der Waals surface area contributed by atoms with Crippen molar-refractivity contribution in [3.63, 3.8) is 0 Å². The molecular formula is C31H30N6O5. The first-order valence-corrected chi connectivity index (χ1v) is 13.6. The molecule has 0 aliphatic carbocycles. The van der Waals surface area contributed by atoms with E-state index in [-0.39, 0.29) is 5.56 Å². The van der Waals surface area contributed by atoms with Gasteiger partial charge in [0.05, 0.1) is 25.6 Å². The van der Waals surface area contributed by atoms with Gasteiger partial charge in [-0.3, -0.25) is 4.79 Å². The quantitative estimate of drug-likeness (QED) is 0.277. The van der Waals surface area contributed by atoms with E-state index in [1.807, 2.05) is 48.5 Å². The maximum atomic E-state index is 14.2. The van der Waals surface area contributed by atoms with Gasteiger partial charge in [-0.2, -0.15) is 10.1 Å². The first-order chi connectivity index (χ1) is 20.5. The summed E-state index contributed by atoms with van der Waals surface area (Å²) in [6.45, 7) is 2.08. The largest absolute Gasteiger partial charge is 0.493 e. The topological polar surface area (TPSA) is 124 Å². The molecule has 1 aliphatic rings. The summed E-state index contributed by atoms with van der Waals surface area (Å²) < 4.78 is 14.2. The molecule has 3 heterocycles. The zero-order chi connectivity index (χ0) is 29.2. The molecule has 1 aliphatic heterocycles. The molecule has 3 aromatic carbocycles. The van der Waals surface area contributed by atoms with Crippen molar-refractivity contribution in [1.82, 2.24) is 24.5 Å². The Hall–Kier alpha value is -5.16. The summed E-state index contributed by atoms with van der Waals surface area (Å²) in [5.74, 6) is 1.97. The molecule has 42 heavy (non-hydrogen) atoms. The van der Waals surface area contributed by atoms with E-state index < -0.39 is 6.41 Å². The van der Waals surface area contributed by atoms with Crippen molar-refractivity contribution in [2.24, 2.45) is 5.16 Å². The van der Waals surface area contributed by atoms with Gasteiger partial charge in [-0.15, -0.1) is 0 Å². The number of nitrogens with zero attached hydrogens (tertiary/aromatic N) is 5. The highest BCUT2D eigenvalue weighted by molar-refractivity contribution is 6.04. The van der Waals surface area contributed by atoms with Crippen molar-refractivity contribution in [1.29, 1.82) is 0 Å². The third-order valence-corrected chi connectivity index (χ3v) is 7.24.